The molecule has 1 aromatic carbocycles. The Bertz CT molecular complexity index is 563. The summed E-state index contributed by atoms with van der Waals surface area (Å²) in [5.41, 5.74) is 5.35. The average molecular weight is 331 g/mol. The predicted octanol–water partition coefficient (Wildman–Crippen LogP) is 3.46. The van der Waals surface area contributed by atoms with E-state index < -0.39 is 11.0 Å². The van der Waals surface area contributed by atoms with Gasteiger partial charge in [0, 0.05) is 18.4 Å². The number of carbonyl (C=O) groups is 1. The van der Waals surface area contributed by atoms with E-state index in [0.29, 0.717) is 28.8 Å². The van der Waals surface area contributed by atoms with E-state index in [1.807, 2.05) is 20.8 Å². The van der Waals surface area contributed by atoms with Crippen molar-refractivity contribution in [2.45, 2.75) is 38.8 Å². The first-order valence-corrected chi connectivity index (χ1v) is 7.65. The van der Waals surface area contributed by atoms with E-state index in [9.17, 15) is 4.79 Å². The highest BCUT2D eigenvalue weighted by Gasteiger charge is 2.62. The maximum absolute atomic E-state index is 12.6. The number of anilines is 1. The van der Waals surface area contributed by atoms with Gasteiger partial charge in [-0.3, -0.25) is 4.79 Å². The second-order valence-electron chi connectivity index (χ2n) is 5.90. The molecule has 1 aromatic rings. The standard InChI is InChI=1S/C15H20Cl2N2O2/c1-4-21-11-8-15(18,14(11,2)3)13(20)19-10-7-5-6-9(16)12(10)17/h5-7,11H,4,8,18H2,1-3H3,(H,19,20). The van der Waals surface area contributed by atoms with Gasteiger partial charge in [-0.2, -0.15) is 0 Å². The lowest BCUT2D eigenvalue weighted by Crippen LogP contribution is -2.74. The second kappa shape index (κ2) is 5.76. The molecule has 0 saturated heterocycles. The molecule has 3 N–H and O–H groups in total. The zero-order valence-electron chi connectivity index (χ0n) is 12.4. The van der Waals surface area contributed by atoms with Gasteiger partial charge in [-0.25, -0.2) is 0 Å². The molecule has 1 amide bonds. The summed E-state index contributed by atoms with van der Waals surface area (Å²) >= 11 is 12.0. The molecular weight excluding hydrogens is 311 g/mol. The molecule has 0 spiro atoms. The Kier molecular flexibility index (Phi) is 4.54. The van der Waals surface area contributed by atoms with Gasteiger partial charge in [-0.05, 0) is 19.1 Å². The van der Waals surface area contributed by atoms with Crippen LogP contribution in [0.4, 0.5) is 5.69 Å². The van der Waals surface area contributed by atoms with Gasteiger partial charge in [0.2, 0.25) is 5.91 Å². The molecule has 0 heterocycles. The van der Waals surface area contributed by atoms with Crippen molar-refractivity contribution in [2.75, 3.05) is 11.9 Å². The van der Waals surface area contributed by atoms with Crippen molar-refractivity contribution in [3.8, 4) is 0 Å². The summed E-state index contributed by atoms with van der Waals surface area (Å²) in [7, 11) is 0. The molecule has 0 bridgehead atoms. The van der Waals surface area contributed by atoms with E-state index in [2.05, 4.69) is 5.32 Å². The van der Waals surface area contributed by atoms with E-state index >= 15 is 0 Å². The van der Waals surface area contributed by atoms with Crippen LogP contribution in [0.15, 0.2) is 18.2 Å². The lowest BCUT2D eigenvalue weighted by molar-refractivity contribution is -0.166. The third kappa shape index (κ3) is 2.66. The second-order valence-corrected chi connectivity index (χ2v) is 6.68. The number of halogens is 2. The lowest BCUT2D eigenvalue weighted by atomic mass is 9.54. The van der Waals surface area contributed by atoms with Gasteiger partial charge >= 0.3 is 0 Å². The number of benzene rings is 1. The minimum Gasteiger partial charge on any atom is -0.378 e. The van der Waals surface area contributed by atoms with Crippen LogP contribution in [0.2, 0.25) is 10.0 Å². The molecule has 4 nitrogen and oxygen atoms in total. The molecule has 1 aliphatic carbocycles. The van der Waals surface area contributed by atoms with Crippen LogP contribution in [-0.4, -0.2) is 24.2 Å². The van der Waals surface area contributed by atoms with Gasteiger partial charge in [0.15, 0.2) is 0 Å². The van der Waals surface area contributed by atoms with Crippen LogP contribution in [-0.2, 0) is 9.53 Å². The summed E-state index contributed by atoms with van der Waals surface area (Å²) in [5, 5.41) is 3.48. The van der Waals surface area contributed by atoms with Crippen molar-refractivity contribution < 1.29 is 9.53 Å². The Labute approximate surface area is 134 Å². The zero-order chi connectivity index (χ0) is 15.8. The molecular formula is C15H20Cl2N2O2. The van der Waals surface area contributed by atoms with E-state index in [1.54, 1.807) is 18.2 Å². The van der Waals surface area contributed by atoms with E-state index in [4.69, 9.17) is 33.7 Å². The Morgan fingerprint density at radius 1 is 1.48 bits per heavy atom. The number of rotatable bonds is 4. The quantitative estimate of drug-likeness (QED) is 0.888. The van der Waals surface area contributed by atoms with E-state index in [1.165, 1.54) is 0 Å². The van der Waals surface area contributed by atoms with E-state index in [0.717, 1.165) is 0 Å². The van der Waals surface area contributed by atoms with Crippen LogP contribution in [0, 0.1) is 5.41 Å². The van der Waals surface area contributed by atoms with E-state index in [-0.39, 0.29) is 12.0 Å². The molecule has 0 aromatic heterocycles. The van der Waals surface area contributed by atoms with Crippen molar-refractivity contribution in [1.82, 2.24) is 0 Å². The molecule has 6 heteroatoms. The molecule has 1 saturated carbocycles. The van der Waals surface area contributed by atoms with Gasteiger partial charge in [-0.1, -0.05) is 43.1 Å². The smallest absolute Gasteiger partial charge is 0.245 e. The van der Waals surface area contributed by atoms with Crippen LogP contribution in [0.3, 0.4) is 0 Å². The van der Waals surface area contributed by atoms with Crippen LogP contribution >= 0.6 is 23.2 Å². The molecule has 2 atom stereocenters. The van der Waals surface area contributed by atoms with Crippen molar-refractivity contribution in [2.24, 2.45) is 11.1 Å². The summed E-state index contributed by atoms with van der Waals surface area (Å²) in [5.74, 6) is -0.271. The fourth-order valence-corrected chi connectivity index (χ4v) is 3.00. The number of nitrogens with one attached hydrogen (secondary N) is 1. The number of ether oxygens (including phenoxy) is 1. The van der Waals surface area contributed by atoms with Gasteiger partial charge in [0.05, 0.1) is 21.8 Å². The number of nitrogens with two attached hydrogens (primary N) is 1. The van der Waals surface area contributed by atoms with Crippen molar-refractivity contribution >= 4 is 34.8 Å². The summed E-state index contributed by atoms with van der Waals surface area (Å²) in [6.45, 7) is 6.41. The molecule has 2 rings (SSSR count). The van der Waals surface area contributed by atoms with Gasteiger partial charge in [0.25, 0.3) is 0 Å². The fourth-order valence-electron chi connectivity index (χ4n) is 2.65. The van der Waals surface area contributed by atoms with Crippen LogP contribution in [0.25, 0.3) is 0 Å². The molecule has 1 fully saturated rings. The monoisotopic (exact) mass is 330 g/mol. The highest BCUT2D eigenvalue weighted by molar-refractivity contribution is 6.44. The molecule has 1 aliphatic rings. The lowest BCUT2D eigenvalue weighted by Gasteiger charge is -2.57. The summed E-state index contributed by atoms with van der Waals surface area (Å²) in [6, 6.07) is 5.08. The predicted molar refractivity (Wildman–Crippen MR) is 85.8 cm³/mol. The summed E-state index contributed by atoms with van der Waals surface area (Å²) in [4.78, 5) is 12.6. The highest BCUT2D eigenvalue weighted by atomic mass is 35.5. The summed E-state index contributed by atoms with van der Waals surface area (Å²) < 4.78 is 5.62. The molecule has 0 aliphatic heterocycles. The SMILES string of the molecule is CCOC1CC(N)(C(=O)Nc2cccc(Cl)c2Cl)C1(C)C. The largest absolute Gasteiger partial charge is 0.378 e. The maximum Gasteiger partial charge on any atom is 0.245 e. The zero-order valence-corrected chi connectivity index (χ0v) is 13.9. The third-order valence-corrected chi connectivity index (χ3v) is 5.25. The topological polar surface area (TPSA) is 64.3 Å². The molecule has 116 valence electrons. The molecule has 21 heavy (non-hydrogen) atoms. The average Bonchev–Trinajstić information content (AvgIpc) is 2.43. The van der Waals surface area contributed by atoms with Crippen molar-refractivity contribution in [1.29, 1.82) is 0 Å². The Hall–Kier alpha value is -0.810. The van der Waals surface area contributed by atoms with Gasteiger partial charge in [-0.15, -0.1) is 0 Å². The van der Waals surface area contributed by atoms with Crippen LogP contribution < -0.4 is 11.1 Å². The van der Waals surface area contributed by atoms with Crippen LogP contribution in [0.5, 0.6) is 0 Å². The Morgan fingerprint density at radius 3 is 2.71 bits per heavy atom. The fraction of sp³-hybridized carbons (Fsp3) is 0.533. The van der Waals surface area contributed by atoms with Crippen molar-refractivity contribution in [3.63, 3.8) is 0 Å². The molecule has 2 unspecified atom stereocenters. The highest BCUT2D eigenvalue weighted by Crippen LogP contribution is 2.50. The van der Waals surface area contributed by atoms with Crippen LogP contribution in [0.1, 0.15) is 27.2 Å². The first kappa shape index (κ1) is 16.6. The maximum atomic E-state index is 12.6. The first-order valence-electron chi connectivity index (χ1n) is 6.90. The van der Waals surface area contributed by atoms with Gasteiger partial charge in [0.1, 0.15) is 5.54 Å². The first-order chi connectivity index (χ1) is 9.74. The number of hydrogen-bond donors (Lipinski definition) is 2. The third-order valence-electron chi connectivity index (χ3n) is 4.43. The minimum atomic E-state index is -0.988. The Morgan fingerprint density at radius 2 is 2.14 bits per heavy atom. The van der Waals surface area contributed by atoms with Gasteiger partial charge < -0.3 is 15.8 Å². The normalized spacial score (nSPS) is 27.0. The van der Waals surface area contributed by atoms with Crippen molar-refractivity contribution in [3.05, 3.63) is 28.2 Å². The number of carbonyl (C=O) groups excluding carboxylic acids is 1. The number of hydrogen-bond acceptors (Lipinski definition) is 3. The Balaban J connectivity index is 2.16. The minimum absolute atomic E-state index is 0.0203. The summed E-state index contributed by atoms with van der Waals surface area (Å²) in [6.07, 6.45) is 0.464. The number of amides is 1. The molecule has 0 radical (unpaired) electrons.